The van der Waals surface area contributed by atoms with E-state index in [1.807, 2.05) is 0 Å². The molecule has 0 fully saturated rings. The van der Waals surface area contributed by atoms with Crippen LogP contribution in [0.25, 0.3) is 0 Å². The smallest absolute Gasteiger partial charge is 0.306 e. The molecule has 0 aliphatic heterocycles. The molecule has 472 valence electrons. The molecule has 0 aliphatic carbocycles. The minimum atomic E-state index is -0.799. The summed E-state index contributed by atoms with van der Waals surface area (Å²) in [4.78, 5) is 38.3. The maximum absolute atomic E-state index is 12.9. The second-order valence-electron chi connectivity index (χ2n) is 23.4. The zero-order chi connectivity index (χ0) is 59.2. The molecule has 1 atom stereocenters. The van der Waals surface area contributed by atoms with E-state index in [9.17, 15) is 14.4 Å². The highest BCUT2D eigenvalue weighted by Gasteiger charge is 2.19. The zero-order valence-corrected chi connectivity index (χ0v) is 54.2. The van der Waals surface area contributed by atoms with Crippen LogP contribution >= 0.6 is 0 Å². The van der Waals surface area contributed by atoms with Crippen LogP contribution in [0.2, 0.25) is 0 Å². The summed E-state index contributed by atoms with van der Waals surface area (Å²) in [6, 6.07) is 0. The Morgan fingerprint density at radius 1 is 0.256 bits per heavy atom. The van der Waals surface area contributed by atoms with Crippen molar-refractivity contribution < 1.29 is 28.6 Å². The fourth-order valence-corrected chi connectivity index (χ4v) is 10.1. The monoisotopic (exact) mass is 1140 g/mol. The fraction of sp³-hybridized carbons (Fsp3) is 0.750. The fourth-order valence-electron chi connectivity index (χ4n) is 10.1. The Labute approximate surface area is 508 Å². The first kappa shape index (κ1) is 78.3. The molecule has 0 saturated carbocycles. The molecule has 0 bridgehead atoms. The Balaban J connectivity index is 4.16. The van der Waals surface area contributed by atoms with Crippen LogP contribution in [0.4, 0.5) is 0 Å². The molecule has 0 aromatic heterocycles. The quantitative estimate of drug-likeness (QED) is 0.0261. The molecular weight excluding hydrogens is 1010 g/mol. The molecule has 0 radical (unpaired) electrons. The van der Waals surface area contributed by atoms with E-state index in [1.165, 1.54) is 205 Å². The van der Waals surface area contributed by atoms with Crippen LogP contribution < -0.4 is 0 Å². The Morgan fingerprint density at radius 2 is 0.476 bits per heavy atom. The van der Waals surface area contributed by atoms with Crippen LogP contribution in [0.5, 0.6) is 0 Å². The number of hydrogen-bond donors (Lipinski definition) is 0. The van der Waals surface area contributed by atoms with Crippen molar-refractivity contribution in [2.45, 2.75) is 354 Å². The molecule has 0 aliphatic rings. The molecule has 6 heteroatoms. The van der Waals surface area contributed by atoms with Crippen molar-refractivity contribution in [2.75, 3.05) is 13.2 Å². The van der Waals surface area contributed by atoms with Crippen molar-refractivity contribution in [1.82, 2.24) is 0 Å². The Bertz CT molecular complexity index is 1590. The van der Waals surface area contributed by atoms with Crippen LogP contribution in [0.15, 0.2) is 97.2 Å². The largest absolute Gasteiger partial charge is 0.462 e. The summed E-state index contributed by atoms with van der Waals surface area (Å²) in [5.74, 6) is -0.923. The Morgan fingerprint density at radius 3 is 0.768 bits per heavy atom. The van der Waals surface area contributed by atoms with E-state index in [1.54, 1.807) is 0 Å². The van der Waals surface area contributed by atoms with Crippen LogP contribution in [-0.2, 0) is 28.6 Å². The van der Waals surface area contributed by atoms with Crippen molar-refractivity contribution in [3.63, 3.8) is 0 Å². The van der Waals surface area contributed by atoms with Gasteiger partial charge in [-0.25, -0.2) is 0 Å². The molecule has 0 heterocycles. The number of unbranched alkanes of at least 4 members (excludes halogenated alkanes) is 37. The SMILES string of the molecule is CC/C=C\C/C=C\C/C=C\C/C=C\C/C=C\C/C=C\CCCCC(=O)OC(COC(=O)CCCCCCCCCCCC)COC(=O)CCCCCCCCCCCCCCCCCCCCCCC/C=C\C/C=C\CCCCCCC. The van der Waals surface area contributed by atoms with E-state index in [0.717, 1.165) is 96.3 Å². The second kappa shape index (κ2) is 69.8. The molecule has 0 spiro atoms. The van der Waals surface area contributed by atoms with Gasteiger partial charge in [0.15, 0.2) is 6.10 Å². The zero-order valence-electron chi connectivity index (χ0n) is 54.2. The van der Waals surface area contributed by atoms with Gasteiger partial charge in [-0.2, -0.15) is 0 Å². The number of carbonyl (C=O) groups excluding carboxylic acids is 3. The van der Waals surface area contributed by atoms with Crippen LogP contribution in [0.3, 0.4) is 0 Å². The number of esters is 3. The first-order valence-electron chi connectivity index (χ1n) is 35.2. The molecule has 0 rings (SSSR count). The molecule has 0 amide bonds. The number of hydrogen-bond acceptors (Lipinski definition) is 6. The van der Waals surface area contributed by atoms with E-state index in [2.05, 4.69) is 118 Å². The summed E-state index contributed by atoms with van der Waals surface area (Å²) < 4.78 is 16.9. The molecule has 0 aromatic rings. The van der Waals surface area contributed by atoms with E-state index in [4.69, 9.17) is 14.2 Å². The van der Waals surface area contributed by atoms with E-state index in [0.29, 0.717) is 19.3 Å². The van der Waals surface area contributed by atoms with Gasteiger partial charge >= 0.3 is 17.9 Å². The van der Waals surface area contributed by atoms with Gasteiger partial charge in [-0.3, -0.25) is 14.4 Å². The van der Waals surface area contributed by atoms with Crippen molar-refractivity contribution in [1.29, 1.82) is 0 Å². The van der Waals surface area contributed by atoms with Crippen molar-refractivity contribution in [3.05, 3.63) is 97.2 Å². The van der Waals surface area contributed by atoms with E-state index < -0.39 is 6.10 Å². The van der Waals surface area contributed by atoms with Crippen LogP contribution in [-0.4, -0.2) is 37.2 Å². The lowest BCUT2D eigenvalue weighted by molar-refractivity contribution is -0.167. The molecule has 0 N–H and O–H groups in total. The lowest BCUT2D eigenvalue weighted by Crippen LogP contribution is -2.30. The van der Waals surface area contributed by atoms with Crippen LogP contribution in [0, 0.1) is 0 Å². The molecule has 1 unspecified atom stereocenters. The molecule has 6 nitrogen and oxygen atoms in total. The van der Waals surface area contributed by atoms with Crippen molar-refractivity contribution in [2.24, 2.45) is 0 Å². The maximum Gasteiger partial charge on any atom is 0.306 e. The molecule has 0 aromatic carbocycles. The van der Waals surface area contributed by atoms with Gasteiger partial charge in [-0.05, 0) is 103 Å². The predicted molar refractivity (Wildman–Crippen MR) is 357 cm³/mol. The van der Waals surface area contributed by atoms with Crippen LogP contribution in [0.1, 0.15) is 348 Å². The standard InChI is InChI=1S/C76H132O6/c1-4-7-10-13-16-19-22-24-26-28-30-32-33-34-35-36-37-38-39-40-41-42-43-45-46-48-50-52-54-57-60-63-66-69-75(78)81-72-73(71-80-74(77)68-65-62-59-56-21-18-15-12-9-6-3)82-76(79)70-67-64-61-58-55-53-51-49-47-44-31-29-27-25-23-20-17-14-11-8-5-2/h8,11,17,20,22,24-25,27-28,30-31,44,49,51,55,58,73H,4-7,9-10,12-16,18-19,21,23,26,29,32-43,45-48,50,52-54,56-57,59-72H2,1-3H3/b11-8-,20-17-,24-22-,27-25-,30-28-,44-31-,51-49-,58-55-. The summed E-state index contributed by atoms with van der Waals surface area (Å²) >= 11 is 0. The van der Waals surface area contributed by atoms with Gasteiger partial charge in [0, 0.05) is 19.3 Å². The lowest BCUT2D eigenvalue weighted by atomic mass is 10.0. The number of ether oxygens (including phenoxy) is 3. The van der Waals surface area contributed by atoms with E-state index >= 15 is 0 Å². The first-order chi connectivity index (χ1) is 40.5. The van der Waals surface area contributed by atoms with Gasteiger partial charge in [0.1, 0.15) is 13.2 Å². The van der Waals surface area contributed by atoms with Gasteiger partial charge in [0.2, 0.25) is 0 Å². The predicted octanol–water partition coefficient (Wildman–Crippen LogP) is 24.4. The van der Waals surface area contributed by atoms with Gasteiger partial charge in [0.25, 0.3) is 0 Å². The van der Waals surface area contributed by atoms with Crippen molar-refractivity contribution >= 4 is 17.9 Å². The number of carbonyl (C=O) groups is 3. The molecular formula is C76H132O6. The van der Waals surface area contributed by atoms with Gasteiger partial charge in [-0.15, -0.1) is 0 Å². The third-order valence-corrected chi connectivity index (χ3v) is 15.3. The molecule has 0 saturated heterocycles. The highest BCUT2D eigenvalue weighted by Crippen LogP contribution is 2.17. The third-order valence-electron chi connectivity index (χ3n) is 15.3. The summed E-state index contributed by atoms with van der Waals surface area (Å²) in [5.41, 5.74) is 0. The number of allylic oxidation sites excluding steroid dienone is 16. The average Bonchev–Trinajstić information content (AvgIpc) is 3.47. The Kier molecular flexibility index (Phi) is 66.7. The summed E-state index contributed by atoms with van der Waals surface area (Å²) in [5, 5.41) is 0. The summed E-state index contributed by atoms with van der Waals surface area (Å²) in [7, 11) is 0. The van der Waals surface area contributed by atoms with Gasteiger partial charge in [-0.1, -0.05) is 323 Å². The van der Waals surface area contributed by atoms with Crippen molar-refractivity contribution in [3.8, 4) is 0 Å². The number of rotatable bonds is 64. The second-order valence-corrected chi connectivity index (χ2v) is 23.4. The van der Waals surface area contributed by atoms with E-state index in [-0.39, 0.29) is 37.5 Å². The highest BCUT2D eigenvalue weighted by atomic mass is 16.6. The summed E-state index contributed by atoms with van der Waals surface area (Å²) in [6.45, 7) is 6.50. The normalized spacial score (nSPS) is 12.7. The maximum atomic E-state index is 12.9. The lowest BCUT2D eigenvalue weighted by Gasteiger charge is -2.18. The highest BCUT2D eigenvalue weighted by molar-refractivity contribution is 5.71. The minimum Gasteiger partial charge on any atom is -0.462 e. The topological polar surface area (TPSA) is 78.9 Å². The Hall–Kier alpha value is -3.67. The van der Waals surface area contributed by atoms with Gasteiger partial charge in [0.05, 0.1) is 0 Å². The third kappa shape index (κ3) is 67.1. The first-order valence-corrected chi connectivity index (χ1v) is 35.2. The molecule has 82 heavy (non-hydrogen) atoms. The average molecular weight is 1140 g/mol. The van der Waals surface area contributed by atoms with Gasteiger partial charge < -0.3 is 14.2 Å². The summed E-state index contributed by atoms with van der Waals surface area (Å²) in [6.07, 6.45) is 94.6. The minimum absolute atomic E-state index is 0.0914.